The number of hydrogen-bond acceptors (Lipinski definition) is 5. The molecule has 0 saturated carbocycles. The van der Waals surface area contributed by atoms with Crippen LogP contribution in [0.1, 0.15) is 41.4 Å². The average Bonchev–Trinajstić information content (AvgIpc) is 3.08. The summed E-state index contributed by atoms with van der Waals surface area (Å²) >= 11 is 0. The molecule has 0 radical (unpaired) electrons. The lowest BCUT2D eigenvalue weighted by Gasteiger charge is -2.24. The molecule has 0 spiro atoms. The summed E-state index contributed by atoms with van der Waals surface area (Å²) in [5, 5.41) is 0.911. The van der Waals surface area contributed by atoms with Crippen molar-refractivity contribution in [2.75, 3.05) is 13.2 Å². The molecular formula is C25H27NO5. The van der Waals surface area contributed by atoms with Crippen molar-refractivity contribution in [3.05, 3.63) is 71.4 Å². The molecule has 0 N–H and O–H groups in total. The lowest BCUT2D eigenvalue weighted by molar-refractivity contribution is -0.162. The highest BCUT2D eigenvalue weighted by atomic mass is 16.6. The number of esters is 2. The number of carbonyl (C=O) groups is 3. The van der Waals surface area contributed by atoms with Gasteiger partial charge in [0.2, 0.25) is 0 Å². The fraction of sp³-hybridized carbons (Fsp3) is 0.320. The number of rotatable bonds is 8. The molecule has 3 rings (SSSR count). The van der Waals surface area contributed by atoms with Gasteiger partial charge in [0.15, 0.2) is 11.7 Å². The first-order chi connectivity index (χ1) is 14.9. The molecule has 162 valence electrons. The van der Waals surface area contributed by atoms with E-state index in [0.29, 0.717) is 11.3 Å². The first-order valence-corrected chi connectivity index (χ1v) is 10.4. The van der Waals surface area contributed by atoms with E-state index in [9.17, 15) is 14.4 Å². The topological polar surface area (TPSA) is 74.6 Å². The molecule has 0 fully saturated rings. The summed E-state index contributed by atoms with van der Waals surface area (Å²) in [5.41, 5.74) is 2.67. The van der Waals surface area contributed by atoms with E-state index in [4.69, 9.17) is 9.47 Å². The third-order valence-electron chi connectivity index (χ3n) is 5.41. The van der Waals surface area contributed by atoms with E-state index in [1.54, 1.807) is 26.0 Å². The number of ether oxygens (including phenoxy) is 2. The van der Waals surface area contributed by atoms with Crippen molar-refractivity contribution in [2.45, 2.75) is 26.7 Å². The number of benzene rings is 2. The molecule has 31 heavy (non-hydrogen) atoms. The summed E-state index contributed by atoms with van der Waals surface area (Å²) in [4.78, 5) is 39.7. The molecule has 1 atom stereocenters. The maximum atomic E-state index is 13.8. The molecule has 2 aromatic carbocycles. The van der Waals surface area contributed by atoms with Crippen LogP contribution in [0.3, 0.4) is 0 Å². The standard InChI is InChI=1S/C25H27NO5/c1-5-30-24(28)22(25(29)31-6-2)21(23(27)18-13-9-7-11-16(18)3)20-15-17-12-8-10-14-19(17)26(20)4/h7-15,21-22H,5-6H2,1-4H3. The van der Waals surface area contributed by atoms with E-state index in [0.717, 1.165) is 16.5 Å². The van der Waals surface area contributed by atoms with Crippen LogP contribution in [0.4, 0.5) is 0 Å². The van der Waals surface area contributed by atoms with Gasteiger partial charge in [0.1, 0.15) is 0 Å². The number of Topliss-reactive ketones (excluding diaryl/α,β-unsaturated/α-hetero) is 1. The summed E-state index contributed by atoms with van der Waals surface area (Å²) in [7, 11) is 1.82. The number of carbonyl (C=O) groups excluding carboxylic acids is 3. The van der Waals surface area contributed by atoms with Crippen molar-refractivity contribution < 1.29 is 23.9 Å². The van der Waals surface area contributed by atoms with Crippen molar-refractivity contribution in [3.63, 3.8) is 0 Å². The third kappa shape index (κ3) is 4.38. The monoisotopic (exact) mass is 421 g/mol. The number of aromatic nitrogens is 1. The predicted octanol–water partition coefficient (Wildman–Crippen LogP) is 4.20. The van der Waals surface area contributed by atoms with Gasteiger partial charge in [0.25, 0.3) is 0 Å². The highest BCUT2D eigenvalue weighted by Crippen LogP contribution is 2.35. The van der Waals surface area contributed by atoms with Gasteiger partial charge in [0, 0.05) is 23.8 Å². The Kier molecular flexibility index (Phi) is 6.90. The van der Waals surface area contributed by atoms with E-state index in [2.05, 4.69) is 0 Å². The fourth-order valence-electron chi connectivity index (χ4n) is 3.91. The Bertz CT molecular complexity index is 1100. The Labute approximate surface area is 181 Å². The molecule has 1 heterocycles. The Hall–Kier alpha value is -3.41. The van der Waals surface area contributed by atoms with E-state index in [1.807, 2.05) is 61.0 Å². The zero-order valence-corrected chi connectivity index (χ0v) is 18.3. The second-order valence-electron chi connectivity index (χ2n) is 7.33. The van der Waals surface area contributed by atoms with Crippen molar-refractivity contribution in [1.29, 1.82) is 0 Å². The van der Waals surface area contributed by atoms with Crippen LogP contribution >= 0.6 is 0 Å². The van der Waals surface area contributed by atoms with E-state index < -0.39 is 23.8 Å². The van der Waals surface area contributed by atoms with Crippen LogP contribution in [0, 0.1) is 12.8 Å². The van der Waals surface area contributed by atoms with E-state index >= 15 is 0 Å². The zero-order valence-electron chi connectivity index (χ0n) is 18.3. The van der Waals surface area contributed by atoms with Crippen molar-refractivity contribution >= 4 is 28.6 Å². The van der Waals surface area contributed by atoms with Crippen LogP contribution in [-0.2, 0) is 26.1 Å². The minimum absolute atomic E-state index is 0.0924. The largest absolute Gasteiger partial charge is 0.465 e. The van der Waals surface area contributed by atoms with E-state index in [-0.39, 0.29) is 19.0 Å². The number of hydrogen-bond donors (Lipinski definition) is 0. The van der Waals surface area contributed by atoms with Crippen LogP contribution < -0.4 is 0 Å². The van der Waals surface area contributed by atoms with Crippen molar-refractivity contribution in [2.24, 2.45) is 13.0 Å². The Morgan fingerprint density at radius 3 is 2.06 bits per heavy atom. The number of ketones is 1. The fourth-order valence-corrected chi connectivity index (χ4v) is 3.91. The maximum Gasteiger partial charge on any atom is 0.321 e. The molecule has 0 aliphatic rings. The first kappa shape index (κ1) is 22.3. The first-order valence-electron chi connectivity index (χ1n) is 10.4. The minimum atomic E-state index is -1.41. The summed E-state index contributed by atoms with van der Waals surface area (Å²) in [6.45, 7) is 5.34. The van der Waals surface area contributed by atoms with Gasteiger partial charge in [-0.05, 0) is 43.9 Å². The van der Waals surface area contributed by atoms with Crippen LogP contribution in [0.5, 0.6) is 0 Å². The summed E-state index contributed by atoms with van der Waals surface area (Å²) in [6, 6.07) is 16.7. The molecule has 0 aliphatic heterocycles. The maximum absolute atomic E-state index is 13.8. The molecule has 6 heteroatoms. The lowest BCUT2D eigenvalue weighted by Crippen LogP contribution is -2.38. The second-order valence-corrected chi connectivity index (χ2v) is 7.33. The zero-order chi connectivity index (χ0) is 22.5. The molecule has 0 saturated heterocycles. The highest BCUT2D eigenvalue weighted by Gasteiger charge is 2.44. The van der Waals surface area contributed by atoms with Crippen molar-refractivity contribution in [1.82, 2.24) is 4.57 Å². The van der Waals surface area contributed by atoms with Gasteiger partial charge in [-0.15, -0.1) is 0 Å². The molecular weight excluding hydrogens is 394 g/mol. The highest BCUT2D eigenvalue weighted by molar-refractivity contribution is 6.09. The van der Waals surface area contributed by atoms with Crippen LogP contribution in [-0.4, -0.2) is 35.5 Å². The summed E-state index contributed by atoms with van der Waals surface area (Å²) in [5.74, 6) is -4.35. The molecule has 1 unspecified atom stereocenters. The van der Waals surface area contributed by atoms with Gasteiger partial charge in [-0.2, -0.15) is 0 Å². The number of fused-ring (bicyclic) bond motifs is 1. The smallest absolute Gasteiger partial charge is 0.321 e. The van der Waals surface area contributed by atoms with Gasteiger partial charge in [-0.3, -0.25) is 14.4 Å². The summed E-state index contributed by atoms with van der Waals surface area (Å²) < 4.78 is 12.3. The molecule has 0 bridgehead atoms. The lowest BCUT2D eigenvalue weighted by atomic mass is 9.81. The Morgan fingerprint density at radius 1 is 0.903 bits per heavy atom. The minimum Gasteiger partial charge on any atom is -0.465 e. The molecule has 6 nitrogen and oxygen atoms in total. The second kappa shape index (κ2) is 9.60. The van der Waals surface area contributed by atoms with E-state index in [1.165, 1.54) is 0 Å². The normalized spacial score (nSPS) is 12.0. The molecule has 3 aromatic rings. The molecule has 0 amide bonds. The molecule has 0 aliphatic carbocycles. The van der Waals surface area contributed by atoms with Gasteiger partial charge in [-0.1, -0.05) is 42.5 Å². The SMILES string of the molecule is CCOC(=O)C(C(=O)OCC)C(C(=O)c1ccccc1C)c1cc2ccccc2n1C. The number of aryl methyl sites for hydroxylation is 2. The third-order valence-corrected chi connectivity index (χ3v) is 5.41. The van der Waals surface area contributed by atoms with Crippen LogP contribution in [0.15, 0.2) is 54.6 Å². The Balaban J connectivity index is 2.24. The van der Waals surface area contributed by atoms with Gasteiger partial charge >= 0.3 is 11.9 Å². The quantitative estimate of drug-likeness (QED) is 0.310. The van der Waals surface area contributed by atoms with Crippen molar-refractivity contribution in [3.8, 4) is 0 Å². The van der Waals surface area contributed by atoms with Crippen LogP contribution in [0.25, 0.3) is 10.9 Å². The predicted molar refractivity (Wildman–Crippen MR) is 118 cm³/mol. The van der Waals surface area contributed by atoms with Gasteiger partial charge < -0.3 is 14.0 Å². The summed E-state index contributed by atoms with van der Waals surface area (Å²) in [6.07, 6.45) is 0. The van der Waals surface area contributed by atoms with Gasteiger partial charge in [-0.25, -0.2) is 0 Å². The Morgan fingerprint density at radius 2 is 1.48 bits per heavy atom. The average molecular weight is 421 g/mol. The number of nitrogens with zero attached hydrogens (tertiary/aromatic N) is 1. The molecule has 1 aromatic heterocycles. The van der Waals surface area contributed by atoms with Gasteiger partial charge in [0.05, 0.1) is 19.1 Å². The van der Waals surface area contributed by atoms with Crippen LogP contribution in [0.2, 0.25) is 0 Å². The number of para-hydroxylation sites is 1.